The summed E-state index contributed by atoms with van der Waals surface area (Å²) >= 11 is 0. The molecule has 1 heterocycles. The number of pyridine rings is 1. The van der Waals surface area contributed by atoms with Crippen molar-refractivity contribution in [3.05, 3.63) is 63.8 Å². The number of rotatable bonds is 6. The minimum absolute atomic E-state index is 0.124. The van der Waals surface area contributed by atoms with Gasteiger partial charge in [-0.15, -0.1) is 0 Å². The summed E-state index contributed by atoms with van der Waals surface area (Å²) in [5.41, 5.74) is 1.60. The minimum Gasteiger partial charge on any atom is -0.481 e. The summed E-state index contributed by atoms with van der Waals surface area (Å²) in [4.78, 5) is 14.8. The summed E-state index contributed by atoms with van der Waals surface area (Å²) in [5.74, 6) is 0.551. The van der Waals surface area contributed by atoms with Gasteiger partial charge in [0, 0.05) is 30.8 Å². The van der Waals surface area contributed by atoms with Crippen LogP contribution >= 0.6 is 0 Å². The number of nitrogens with one attached hydrogen (secondary N) is 1. The van der Waals surface area contributed by atoms with Crippen molar-refractivity contribution in [1.82, 2.24) is 10.3 Å². The van der Waals surface area contributed by atoms with Crippen molar-refractivity contribution in [2.24, 2.45) is 0 Å². The van der Waals surface area contributed by atoms with Crippen molar-refractivity contribution in [2.45, 2.75) is 13.1 Å². The van der Waals surface area contributed by atoms with Crippen molar-refractivity contribution < 1.29 is 9.66 Å². The largest absolute Gasteiger partial charge is 0.481 e. The van der Waals surface area contributed by atoms with Crippen LogP contribution in [-0.4, -0.2) is 17.0 Å². The molecule has 0 aliphatic rings. The first-order chi connectivity index (χ1) is 9.70. The minimum atomic E-state index is -0.374. The van der Waals surface area contributed by atoms with Gasteiger partial charge in [-0.2, -0.15) is 0 Å². The van der Waals surface area contributed by atoms with Crippen molar-refractivity contribution in [2.75, 3.05) is 7.11 Å². The Labute approximate surface area is 116 Å². The molecule has 0 saturated heterocycles. The maximum atomic E-state index is 10.9. The summed E-state index contributed by atoms with van der Waals surface area (Å²) in [6, 6.07) is 12.2. The molecule has 0 spiro atoms. The number of methoxy groups -OCH3 is 1. The zero-order valence-corrected chi connectivity index (χ0v) is 11.1. The second-order valence-corrected chi connectivity index (χ2v) is 4.16. The Bertz CT molecular complexity index is 602. The highest BCUT2D eigenvalue weighted by Crippen LogP contribution is 2.17. The average molecular weight is 273 g/mol. The molecule has 6 heteroatoms. The lowest BCUT2D eigenvalue weighted by atomic mass is 10.2. The predicted molar refractivity (Wildman–Crippen MR) is 74.4 cm³/mol. The van der Waals surface area contributed by atoms with Gasteiger partial charge < -0.3 is 10.1 Å². The van der Waals surface area contributed by atoms with Crippen LogP contribution < -0.4 is 10.1 Å². The number of ether oxygens (including phenoxy) is 1. The van der Waals surface area contributed by atoms with E-state index >= 15 is 0 Å². The summed E-state index contributed by atoms with van der Waals surface area (Å²) < 4.78 is 5.04. The van der Waals surface area contributed by atoms with E-state index in [1.165, 1.54) is 6.07 Å². The van der Waals surface area contributed by atoms with Crippen LogP contribution in [0.25, 0.3) is 0 Å². The van der Waals surface area contributed by atoms with E-state index in [0.29, 0.717) is 24.5 Å². The number of aromatic nitrogens is 1. The molecular formula is C14H15N3O3. The zero-order chi connectivity index (χ0) is 14.4. The topological polar surface area (TPSA) is 77.3 Å². The quantitative estimate of drug-likeness (QED) is 0.645. The third kappa shape index (κ3) is 3.52. The van der Waals surface area contributed by atoms with E-state index in [1.807, 2.05) is 12.1 Å². The molecule has 0 fully saturated rings. The number of nitrogens with zero attached hydrogens (tertiary/aromatic N) is 2. The van der Waals surface area contributed by atoms with Crippen LogP contribution in [0.4, 0.5) is 5.69 Å². The molecule has 0 saturated carbocycles. The molecule has 0 radical (unpaired) electrons. The van der Waals surface area contributed by atoms with Gasteiger partial charge in [-0.05, 0) is 6.07 Å². The van der Waals surface area contributed by atoms with Crippen LogP contribution in [0.2, 0.25) is 0 Å². The molecule has 1 aromatic carbocycles. The van der Waals surface area contributed by atoms with E-state index < -0.39 is 0 Å². The molecule has 0 atom stereocenters. The Morgan fingerprint density at radius 1 is 1.20 bits per heavy atom. The van der Waals surface area contributed by atoms with Crippen LogP contribution in [0.3, 0.4) is 0 Å². The maximum absolute atomic E-state index is 10.9. The van der Waals surface area contributed by atoms with Gasteiger partial charge in [-0.25, -0.2) is 4.98 Å². The lowest BCUT2D eigenvalue weighted by molar-refractivity contribution is -0.385. The Balaban J connectivity index is 1.97. The Morgan fingerprint density at radius 2 is 2.00 bits per heavy atom. The molecule has 1 aromatic heterocycles. The van der Waals surface area contributed by atoms with Crippen molar-refractivity contribution >= 4 is 5.69 Å². The molecule has 1 N–H and O–H groups in total. The Hall–Kier alpha value is -2.47. The molecule has 0 aliphatic carbocycles. The number of benzene rings is 1. The fourth-order valence-corrected chi connectivity index (χ4v) is 1.83. The van der Waals surface area contributed by atoms with E-state index in [0.717, 1.165) is 5.69 Å². The highest BCUT2D eigenvalue weighted by Gasteiger charge is 2.11. The van der Waals surface area contributed by atoms with E-state index in [1.54, 1.807) is 31.4 Å². The van der Waals surface area contributed by atoms with Gasteiger partial charge in [0.2, 0.25) is 5.88 Å². The lowest BCUT2D eigenvalue weighted by Gasteiger charge is -2.06. The van der Waals surface area contributed by atoms with E-state index in [2.05, 4.69) is 10.3 Å². The molecule has 6 nitrogen and oxygen atoms in total. The van der Waals surface area contributed by atoms with Crippen molar-refractivity contribution in [3.8, 4) is 5.88 Å². The van der Waals surface area contributed by atoms with Gasteiger partial charge in [0.05, 0.1) is 17.7 Å². The van der Waals surface area contributed by atoms with Gasteiger partial charge in [0.1, 0.15) is 0 Å². The first kappa shape index (κ1) is 14.0. The average Bonchev–Trinajstić information content (AvgIpc) is 2.48. The monoisotopic (exact) mass is 273 g/mol. The smallest absolute Gasteiger partial charge is 0.273 e. The standard InChI is InChI=1S/C14H15N3O3/c1-20-14-8-4-6-12(16-14)10-15-9-11-5-2-3-7-13(11)17(18)19/h2-8,15H,9-10H2,1H3. The molecular weight excluding hydrogens is 258 g/mol. The maximum Gasteiger partial charge on any atom is 0.273 e. The van der Waals surface area contributed by atoms with Crippen LogP contribution in [0.15, 0.2) is 42.5 Å². The van der Waals surface area contributed by atoms with Crippen molar-refractivity contribution in [3.63, 3.8) is 0 Å². The fraction of sp³-hybridized carbons (Fsp3) is 0.214. The van der Waals surface area contributed by atoms with E-state index in [-0.39, 0.29) is 10.6 Å². The fourth-order valence-electron chi connectivity index (χ4n) is 1.83. The summed E-state index contributed by atoms with van der Waals surface area (Å²) in [6.45, 7) is 0.930. The molecule has 0 aliphatic heterocycles. The SMILES string of the molecule is COc1cccc(CNCc2ccccc2[N+](=O)[O-])n1. The predicted octanol–water partition coefficient (Wildman–Crippen LogP) is 2.29. The van der Waals surface area contributed by atoms with Gasteiger partial charge in [-0.1, -0.05) is 24.3 Å². The van der Waals surface area contributed by atoms with Gasteiger partial charge in [0.25, 0.3) is 5.69 Å². The van der Waals surface area contributed by atoms with Crippen LogP contribution in [0, 0.1) is 10.1 Å². The first-order valence-electron chi connectivity index (χ1n) is 6.13. The van der Waals surface area contributed by atoms with Gasteiger partial charge in [-0.3, -0.25) is 10.1 Å². The molecule has 0 bridgehead atoms. The molecule has 104 valence electrons. The number of hydrogen-bond donors (Lipinski definition) is 1. The Morgan fingerprint density at radius 3 is 2.75 bits per heavy atom. The zero-order valence-electron chi connectivity index (χ0n) is 11.1. The number of nitro groups is 1. The van der Waals surface area contributed by atoms with Gasteiger partial charge in [0.15, 0.2) is 0 Å². The molecule has 0 unspecified atom stereocenters. The highest BCUT2D eigenvalue weighted by molar-refractivity contribution is 5.39. The van der Waals surface area contributed by atoms with Crippen molar-refractivity contribution in [1.29, 1.82) is 0 Å². The third-order valence-corrected chi connectivity index (χ3v) is 2.80. The lowest BCUT2D eigenvalue weighted by Crippen LogP contribution is -2.14. The normalized spacial score (nSPS) is 10.2. The van der Waals surface area contributed by atoms with Crippen LogP contribution in [-0.2, 0) is 13.1 Å². The summed E-state index contributed by atoms with van der Waals surface area (Å²) in [6.07, 6.45) is 0. The first-order valence-corrected chi connectivity index (χ1v) is 6.13. The number of hydrogen-bond acceptors (Lipinski definition) is 5. The molecule has 0 amide bonds. The number of nitro benzene ring substituents is 1. The van der Waals surface area contributed by atoms with Crippen LogP contribution in [0.1, 0.15) is 11.3 Å². The molecule has 2 aromatic rings. The Kier molecular flexibility index (Phi) is 4.62. The molecule has 20 heavy (non-hydrogen) atoms. The van der Waals surface area contributed by atoms with Gasteiger partial charge >= 0.3 is 0 Å². The second-order valence-electron chi connectivity index (χ2n) is 4.16. The summed E-state index contributed by atoms with van der Waals surface area (Å²) in [5, 5.41) is 14.0. The molecule has 2 rings (SSSR count). The van der Waals surface area contributed by atoms with E-state index in [4.69, 9.17) is 4.74 Å². The number of para-hydroxylation sites is 1. The highest BCUT2D eigenvalue weighted by atomic mass is 16.6. The van der Waals surface area contributed by atoms with Crippen LogP contribution in [0.5, 0.6) is 5.88 Å². The van der Waals surface area contributed by atoms with E-state index in [9.17, 15) is 10.1 Å². The third-order valence-electron chi connectivity index (χ3n) is 2.80. The second kappa shape index (κ2) is 6.63. The summed E-state index contributed by atoms with van der Waals surface area (Å²) in [7, 11) is 1.56.